The summed E-state index contributed by atoms with van der Waals surface area (Å²) in [5, 5.41) is 6.23. The Kier molecular flexibility index (Phi) is 8.62. The maximum absolute atomic E-state index is 6.71. The van der Waals surface area contributed by atoms with Crippen LogP contribution < -0.4 is 25.5 Å². The van der Waals surface area contributed by atoms with E-state index < -0.39 is 0 Å². The normalized spacial score (nSPS) is 14.7. The van der Waals surface area contributed by atoms with Crippen LogP contribution in [0.25, 0.3) is 59.5 Å². The summed E-state index contributed by atoms with van der Waals surface area (Å²) in [5.74, 6) is 0. The molecular weight excluding hydrogens is 870 g/mol. The summed E-state index contributed by atoms with van der Waals surface area (Å²) in [5.41, 5.74) is 22.2. The Morgan fingerprint density at radius 1 is 0.429 bits per heavy atom. The van der Waals surface area contributed by atoms with Crippen LogP contribution in [-0.2, 0) is 27.1 Å². The van der Waals surface area contributed by atoms with Gasteiger partial charge in [0.1, 0.15) is 11.2 Å². The van der Waals surface area contributed by atoms with Crippen molar-refractivity contribution >= 4 is 122 Å². The number of thiophene rings is 1. The quantitative estimate of drug-likeness (QED) is 0.153. The molecule has 0 amide bonds. The lowest BCUT2D eigenvalue weighted by molar-refractivity contribution is 0.589. The Balaban J connectivity index is 1.25. The average molecular weight is 934 g/mol. The van der Waals surface area contributed by atoms with Crippen LogP contribution in [0.1, 0.15) is 132 Å². The molecule has 0 spiro atoms. The molecule has 6 heterocycles. The average Bonchev–Trinajstić information content (AvgIpc) is 3.96. The van der Waals surface area contributed by atoms with Crippen molar-refractivity contribution in [3.05, 3.63) is 143 Å². The fourth-order valence-electron chi connectivity index (χ4n) is 12.0. The second kappa shape index (κ2) is 13.8. The smallest absolute Gasteiger partial charge is 0.264 e. The molecule has 0 N–H and O–H groups in total. The monoisotopic (exact) mass is 933 g/mol. The minimum atomic E-state index is -0.159. The van der Waals surface area contributed by atoms with E-state index in [0.717, 1.165) is 27.6 Å². The van der Waals surface area contributed by atoms with Crippen LogP contribution in [0.2, 0.25) is 0 Å². The lowest BCUT2D eigenvalue weighted by Crippen LogP contribution is -2.61. The molecule has 0 radical (unpaired) electrons. The molecule has 0 unspecified atom stereocenters. The number of aromatic nitrogens is 1. The molecule has 0 bridgehead atoms. The molecule has 7 aromatic carbocycles. The van der Waals surface area contributed by atoms with E-state index in [-0.39, 0.29) is 33.8 Å². The van der Waals surface area contributed by atoms with E-state index in [9.17, 15) is 0 Å². The van der Waals surface area contributed by atoms with E-state index >= 15 is 0 Å². The van der Waals surface area contributed by atoms with Crippen LogP contribution in [0, 0.1) is 0 Å². The summed E-state index contributed by atoms with van der Waals surface area (Å²) < 4.78 is 12.1. The summed E-state index contributed by atoms with van der Waals surface area (Å²) in [7, 11) is 0. The summed E-state index contributed by atoms with van der Waals surface area (Å²) in [4.78, 5) is 5.40. The lowest BCUT2D eigenvalue weighted by atomic mass is 9.35. The van der Waals surface area contributed by atoms with Crippen molar-refractivity contribution in [2.24, 2.45) is 0 Å². The van der Waals surface area contributed by atoms with E-state index in [4.69, 9.17) is 4.42 Å². The van der Waals surface area contributed by atoms with E-state index in [2.05, 4.69) is 233 Å². The lowest BCUT2D eigenvalue weighted by Gasteiger charge is -2.47. The van der Waals surface area contributed by atoms with Gasteiger partial charge in [-0.25, -0.2) is 0 Å². The molecule has 0 atom stereocenters. The summed E-state index contributed by atoms with van der Waals surface area (Å²) >= 11 is 1.99. The van der Waals surface area contributed by atoms with Crippen LogP contribution in [0.5, 0.6) is 0 Å². The van der Waals surface area contributed by atoms with E-state index in [1.807, 2.05) is 11.3 Å². The van der Waals surface area contributed by atoms with Gasteiger partial charge >= 0.3 is 0 Å². The van der Waals surface area contributed by atoms with Gasteiger partial charge in [0.15, 0.2) is 0 Å². The number of para-hydroxylation sites is 1. The van der Waals surface area contributed by atoms with Gasteiger partial charge in [0.25, 0.3) is 6.71 Å². The van der Waals surface area contributed by atoms with Crippen molar-refractivity contribution in [2.45, 2.75) is 131 Å². The number of nitrogens with zero attached hydrogens (tertiary/aromatic N) is 3. The molecule has 10 aromatic rings. The molecular formula is C64H64BN3OS. The Bertz CT molecular complexity index is 3940. The van der Waals surface area contributed by atoms with Gasteiger partial charge in [-0.15, -0.1) is 11.3 Å². The third-order valence-electron chi connectivity index (χ3n) is 16.0. The van der Waals surface area contributed by atoms with E-state index in [1.54, 1.807) is 0 Å². The zero-order valence-corrected chi connectivity index (χ0v) is 44.5. The first-order chi connectivity index (χ1) is 32.9. The molecule has 350 valence electrons. The maximum atomic E-state index is 6.71. The van der Waals surface area contributed by atoms with Gasteiger partial charge in [-0.1, -0.05) is 146 Å². The molecule has 0 aliphatic carbocycles. The van der Waals surface area contributed by atoms with Crippen molar-refractivity contribution < 1.29 is 4.42 Å². The first kappa shape index (κ1) is 43.8. The summed E-state index contributed by atoms with van der Waals surface area (Å²) in [6.07, 6.45) is 0. The van der Waals surface area contributed by atoms with Crippen LogP contribution in [-0.4, -0.2) is 11.3 Å². The minimum absolute atomic E-state index is 0.00240. The molecule has 13 rings (SSSR count). The standard InChI is InChI=1S/C64H64BN3OS/c1-60(2,3)35-23-25-45-41(27-35)42-29-37(62(7,8)9)33-49-56(42)66(45)50-34-38(63(10,11)12)30-44-58(50)68(49)48-32-39(64(13,14)15)31-47-55(48)65(44)59-57(43-28-36(61(4,5)6)24-26-53(43)70-59)67(47)46-20-18-22-52-54(46)40-19-16-17-21-51(40)69-52/h16-34H,1-15H3. The zero-order valence-electron chi connectivity index (χ0n) is 43.7. The van der Waals surface area contributed by atoms with E-state index in [0.29, 0.717) is 0 Å². The van der Waals surface area contributed by atoms with Crippen molar-refractivity contribution in [3.63, 3.8) is 0 Å². The fourth-order valence-corrected chi connectivity index (χ4v) is 13.3. The van der Waals surface area contributed by atoms with Gasteiger partial charge < -0.3 is 18.8 Å². The highest BCUT2D eigenvalue weighted by atomic mass is 32.1. The predicted molar refractivity (Wildman–Crippen MR) is 305 cm³/mol. The van der Waals surface area contributed by atoms with Gasteiger partial charge in [-0.05, 0) is 139 Å². The molecule has 4 nitrogen and oxygen atoms in total. The zero-order chi connectivity index (χ0) is 49.1. The summed E-state index contributed by atoms with van der Waals surface area (Å²) in [6.45, 7) is 35.5. The molecule has 3 aromatic heterocycles. The number of hydrogen-bond donors (Lipinski definition) is 0. The van der Waals surface area contributed by atoms with Crippen molar-refractivity contribution in [3.8, 4) is 5.69 Å². The number of rotatable bonds is 1. The third-order valence-corrected chi connectivity index (χ3v) is 17.2. The fraction of sp³-hybridized carbons (Fsp3) is 0.312. The topological polar surface area (TPSA) is 24.6 Å². The third kappa shape index (κ3) is 6.01. The first-order valence-corrected chi connectivity index (χ1v) is 26.3. The largest absolute Gasteiger partial charge is 0.456 e. The van der Waals surface area contributed by atoms with Crippen molar-refractivity contribution in [1.82, 2.24) is 4.57 Å². The van der Waals surface area contributed by atoms with Crippen LogP contribution >= 0.6 is 11.3 Å². The number of fused-ring (bicyclic) bond motifs is 14. The number of hydrogen-bond acceptors (Lipinski definition) is 4. The van der Waals surface area contributed by atoms with Crippen molar-refractivity contribution in [1.29, 1.82) is 0 Å². The Hall–Kier alpha value is -6.24. The van der Waals surface area contributed by atoms with E-state index in [1.165, 1.54) is 110 Å². The highest BCUT2D eigenvalue weighted by Crippen LogP contribution is 2.57. The number of furan rings is 1. The van der Waals surface area contributed by atoms with Gasteiger partial charge in [-0.2, -0.15) is 0 Å². The Labute approximate surface area is 418 Å². The number of benzene rings is 7. The first-order valence-electron chi connectivity index (χ1n) is 25.5. The van der Waals surface area contributed by atoms with Crippen LogP contribution in [0.4, 0.5) is 34.1 Å². The molecule has 0 fully saturated rings. The minimum Gasteiger partial charge on any atom is -0.456 e. The Morgan fingerprint density at radius 2 is 0.971 bits per heavy atom. The van der Waals surface area contributed by atoms with Crippen LogP contribution in [0.3, 0.4) is 0 Å². The van der Waals surface area contributed by atoms with Crippen LogP contribution in [0.15, 0.2) is 120 Å². The molecule has 3 aliphatic heterocycles. The van der Waals surface area contributed by atoms with Gasteiger partial charge in [0, 0.05) is 42.4 Å². The molecule has 0 saturated carbocycles. The van der Waals surface area contributed by atoms with Gasteiger partial charge in [0.05, 0.1) is 44.9 Å². The summed E-state index contributed by atoms with van der Waals surface area (Å²) in [6, 6.07) is 45.2. The maximum Gasteiger partial charge on any atom is 0.264 e. The molecule has 70 heavy (non-hydrogen) atoms. The second-order valence-electron chi connectivity index (χ2n) is 25.9. The molecule has 3 aliphatic rings. The SMILES string of the molecule is CC(C)(C)c1cc2c3c(c1)N1c4c(cc(C(C)(C)C)cc4-n4c5ccc(C(C)(C)C)cc5c5cc(C(C)(C)C)cc1c54)B3c1sc3ccc(C(C)(C)C)cc3c1N2c1cccc2oc3ccccc3c12. The molecule has 6 heteroatoms. The van der Waals surface area contributed by atoms with Gasteiger partial charge in [-0.3, -0.25) is 0 Å². The predicted octanol–water partition coefficient (Wildman–Crippen LogP) is 16.8. The Morgan fingerprint density at radius 3 is 1.64 bits per heavy atom. The van der Waals surface area contributed by atoms with Gasteiger partial charge in [0.2, 0.25) is 0 Å². The highest BCUT2D eigenvalue weighted by Gasteiger charge is 2.49. The van der Waals surface area contributed by atoms with Crippen molar-refractivity contribution in [2.75, 3.05) is 9.80 Å². The number of anilines is 6. The highest BCUT2D eigenvalue weighted by molar-refractivity contribution is 7.33. The second-order valence-corrected chi connectivity index (χ2v) is 27.0. The molecule has 0 saturated heterocycles.